The fourth-order valence-electron chi connectivity index (χ4n) is 1.26. The van der Waals surface area contributed by atoms with Gasteiger partial charge in [0, 0.05) is 22.4 Å². The smallest absolute Gasteiger partial charge is 0.222 e. The van der Waals surface area contributed by atoms with Crippen molar-refractivity contribution in [2.75, 3.05) is 5.32 Å². The van der Waals surface area contributed by atoms with E-state index in [1.165, 1.54) is 12.3 Å². The Kier molecular flexibility index (Phi) is 3.77. The molecule has 0 saturated heterocycles. The number of hydrogen-bond donors (Lipinski definition) is 1. The first-order valence-electron chi connectivity index (χ1n) is 5.02. The zero-order valence-corrected chi connectivity index (χ0v) is 10.5. The van der Waals surface area contributed by atoms with E-state index in [0.717, 1.165) is 10.2 Å². The lowest BCUT2D eigenvalue weighted by molar-refractivity contribution is 0.102. The molecule has 86 valence electrons. The molecule has 4 heteroatoms. The molecule has 2 rings (SSSR count). The average Bonchev–Trinajstić information content (AvgIpc) is 2.85. The van der Waals surface area contributed by atoms with Crippen molar-refractivity contribution in [2.24, 2.45) is 0 Å². The van der Waals surface area contributed by atoms with Crippen LogP contribution in [0.4, 0.5) is 5.69 Å². The quantitative estimate of drug-likeness (QED) is 0.687. The van der Waals surface area contributed by atoms with E-state index in [0.29, 0.717) is 5.76 Å². The van der Waals surface area contributed by atoms with Crippen molar-refractivity contribution in [1.82, 2.24) is 0 Å². The maximum Gasteiger partial charge on any atom is 0.222 e. The molecule has 0 aliphatic rings. The first kappa shape index (κ1) is 11.7. The standard InChI is InChI=1S/C13H10BrNO2/c14-10-3-5-11(6-4-10)15-8-7-12(16)13-2-1-9-17-13/h1-9,15H/b8-7+. The van der Waals surface area contributed by atoms with Gasteiger partial charge in [0.25, 0.3) is 0 Å². The van der Waals surface area contributed by atoms with Crippen molar-refractivity contribution >= 4 is 27.4 Å². The first-order chi connectivity index (χ1) is 8.25. The Morgan fingerprint density at radius 2 is 2.00 bits per heavy atom. The van der Waals surface area contributed by atoms with Crippen LogP contribution in [0.25, 0.3) is 0 Å². The molecule has 1 aromatic carbocycles. The fraction of sp³-hybridized carbons (Fsp3) is 0. The van der Waals surface area contributed by atoms with Gasteiger partial charge in [0.1, 0.15) is 0 Å². The second-order valence-electron chi connectivity index (χ2n) is 3.33. The fourth-order valence-corrected chi connectivity index (χ4v) is 1.52. The summed E-state index contributed by atoms with van der Waals surface area (Å²) in [5, 5.41) is 3.00. The number of hydrogen-bond acceptors (Lipinski definition) is 3. The van der Waals surface area contributed by atoms with Gasteiger partial charge in [-0.25, -0.2) is 0 Å². The summed E-state index contributed by atoms with van der Waals surface area (Å²) in [7, 11) is 0. The minimum atomic E-state index is -0.167. The van der Waals surface area contributed by atoms with Gasteiger partial charge >= 0.3 is 0 Å². The van der Waals surface area contributed by atoms with E-state index in [1.807, 2.05) is 24.3 Å². The van der Waals surface area contributed by atoms with Crippen molar-refractivity contribution in [1.29, 1.82) is 0 Å². The molecular weight excluding hydrogens is 282 g/mol. The van der Waals surface area contributed by atoms with E-state index in [4.69, 9.17) is 4.42 Å². The molecule has 0 spiro atoms. The van der Waals surface area contributed by atoms with Gasteiger partial charge in [-0.3, -0.25) is 4.79 Å². The average molecular weight is 292 g/mol. The third-order valence-electron chi connectivity index (χ3n) is 2.09. The maximum atomic E-state index is 11.5. The van der Waals surface area contributed by atoms with Gasteiger partial charge in [0.2, 0.25) is 5.78 Å². The van der Waals surface area contributed by atoms with Crippen LogP contribution in [0.5, 0.6) is 0 Å². The van der Waals surface area contributed by atoms with Gasteiger partial charge < -0.3 is 9.73 Å². The van der Waals surface area contributed by atoms with Crippen molar-refractivity contribution in [3.05, 3.63) is 65.2 Å². The van der Waals surface area contributed by atoms with Crippen molar-refractivity contribution in [2.45, 2.75) is 0 Å². The number of ketones is 1. The molecule has 0 aliphatic carbocycles. The molecule has 17 heavy (non-hydrogen) atoms. The molecule has 0 unspecified atom stereocenters. The molecule has 0 atom stereocenters. The monoisotopic (exact) mass is 291 g/mol. The molecule has 1 aromatic heterocycles. The van der Waals surface area contributed by atoms with Crippen LogP contribution in [0.15, 0.2) is 63.8 Å². The van der Waals surface area contributed by atoms with E-state index in [-0.39, 0.29) is 5.78 Å². The molecule has 0 aliphatic heterocycles. The van der Waals surface area contributed by atoms with Crippen LogP contribution in [0, 0.1) is 0 Å². The van der Waals surface area contributed by atoms with E-state index in [9.17, 15) is 4.79 Å². The number of benzene rings is 1. The summed E-state index contributed by atoms with van der Waals surface area (Å²) in [5.74, 6) is 0.165. The predicted octanol–water partition coefficient (Wildman–Crippen LogP) is 3.85. The summed E-state index contributed by atoms with van der Waals surface area (Å²) in [6.07, 6.45) is 4.50. The highest BCUT2D eigenvalue weighted by Crippen LogP contribution is 2.14. The number of allylic oxidation sites excluding steroid dienone is 1. The number of nitrogens with one attached hydrogen (secondary N) is 1. The molecule has 3 nitrogen and oxygen atoms in total. The van der Waals surface area contributed by atoms with Crippen LogP contribution in [-0.2, 0) is 0 Å². The Hall–Kier alpha value is -1.81. The molecule has 0 amide bonds. The van der Waals surface area contributed by atoms with Gasteiger partial charge in [-0.1, -0.05) is 15.9 Å². The Morgan fingerprint density at radius 1 is 1.24 bits per heavy atom. The number of halogens is 1. The van der Waals surface area contributed by atoms with Crippen LogP contribution in [0.2, 0.25) is 0 Å². The number of carbonyl (C=O) groups excluding carboxylic acids is 1. The van der Waals surface area contributed by atoms with Crippen LogP contribution in [0.1, 0.15) is 10.6 Å². The Labute approximate surface area is 107 Å². The molecule has 2 aromatic rings. The molecule has 1 heterocycles. The number of anilines is 1. The Balaban J connectivity index is 1.94. The van der Waals surface area contributed by atoms with Crippen molar-refractivity contribution < 1.29 is 9.21 Å². The highest BCUT2D eigenvalue weighted by molar-refractivity contribution is 9.10. The SMILES string of the molecule is O=C(/C=C/Nc1ccc(Br)cc1)c1ccco1. The summed E-state index contributed by atoms with van der Waals surface area (Å²) in [4.78, 5) is 11.5. The van der Waals surface area contributed by atoms with E-state index >= 15 is 0 Å². The lowest BCUT2D eigenvalue weighted by atomic mass is 10.3. The highest BCUT2D eigenvalue weighted by Gasteiger charge is 2.02. The Morgan fingerprint density at radius 3 is 2.65 bits per heavy atom. The molecule has 0 radical (unpaired) electrons. The second-order valence-corrected chi connectivity index (χ2v) is 4.24. The van der Waals surface area contributed by atoms with Crippen LogP contribution in [-0.4, -0.2) is 5.78 Å². The zero-order valence-electron chi connectivity index (χ0n) is 8.89. The largest absolute Gasteiger partial charge is 0.461 e. The molecule has 0 saturated carbocycles. The van der Waals surface area contributed by atoms with E-state index in [1.54, 1.807) is 18.3 Å². The van der Waals surface area contributed by atoms with E-state index in [2.05, 4.69) is 21.2 Å². The van der Waals surface area contributed by atoms with Gasteiger partial charge in [0.05, 0.1) is 6.26 Å². The molecular formula is C13H10BrNO2. The summed E-state index contributed by atoms with van der Waals surface area (Å²) < 4.78 is 5.99. The van der Waals surface area contributed by atoms with Crippen molar-refractivity contribution in [3.8, 4) is 0 Å². The summed E-state index contributed by atoms with van der Waals surface area (Å²) in [6, 6.07) is 11.0. The van der Waals surface area contributed by atoms with Gasteiger partial charge in [0.15, 0.2) is 5.76 Å². The minimum Gasteiger partial charge on any atom is -0.461 e. The molecule has 0 fully saturated rings. The minimum absolute atomic E-state index is 0.167. The van der Waals surface area contributed by atoms with Crippen LogP contribution >= 0.6 is 15.9 Å². The first-order valence-corrected chi connectivity index (χ1v) is 5.81. The summed E-state index contributed by atoms with van der Waals surface area (Å²) in [5.41, 5.74) is 0.914. The van der Waals surface area contributed by atoms with Gasteiger partial charge in [-0.15, -0.1) is 0 Å². The van der Waals surface area contributed by atoms with Gasteiger partial charge in [-0.2, -0.15) is 0 Å². The Bertz CT molecular complexity index is 515. The van der Waals surface area contributed by atoms with Crippen LogP contribution < -0.4 is 5.32 Å². The van der Waals surface area contributed by atoms with Crippen LogP contribution in [0.3, 0.4) is 0 Å². The lowest BCUT2D eigenvalue weighted by Gasteiger charge is -1.99. The number of furan rings is 1. The predicted molar refractivity (Wildman–Crippen MR) is 69.9 cm³/mol. The summed E-state index contributed by atoms with van der Waals surface area (Å²) >= 11 is 3.35. The lowest BCUT2D eigenvalue weighted by Crippen LogP contribution is -1.94. The second kappa shape index (κ2) is 5.50. The normalized spacial score (nSPS) is 10.6. The highest BCUT2D eigenvalue weighted by atomic mass is 79.9. The van der Waals surface area contributed by atoms with E-state index < -0.39 is 0 Å². The van der Waals surface area contributed by atoms with Gasteiger partial charge in [-0.05, 0) is 36.4 Å². The zero-order chi connectivity index (χ0) is 12.1. The van der Waals surface area contributed by atoms with Crippen molar-refractivity contribution in [3.63, 3.8) is 0 Å². The third-order valence-corrected chi connectivity index (χ3v) is 2.62. The maximum absolute atomic E-state index is 11.5. The number of rotatable bonds is 4. The molecule has 0 bridgehead atoms. The molecule has 1 N–H and O–H groups in total. The topological polar surface area (TPSA) is 42.2 Å². The third kappa shape index (κ3) is 3.32. The number of carbonyl (C=O) groups is 1. The summed E-state index contributed by atoms with van der Waals surface area (Å²) in [6.45, 7) is 0.